The van der Waals surface area contributed by atoms with E-state index in [0.29, 0.717) is 58.8 Å². The van der Waals surface area contributed by atoms with Crippen molar-refractivity contribution in [3.05, 3.63) is 46.9 Å². The lowest BCUT2D eigenvalue weighted by Gasteiger charge is -2.30. The zero-order valence-corrected chi connectivity index (χ0v) is 18.1. The van der Waals surface area contributed by atoms with Crippen LogP contribution in [0.5, 0.6) is 11.1 Å². The highest BCUT2D eigenvalue weighted by atomic mass is 35.5. The van der Waals surface area contributed by atoms with E-state index in [0.717, 1.165) is 17.0 Å². The molecule has 0 unspecified atom stereocenters. The van der Waals surface area contributed by atoms with E-state index in [4.69, 9.17) is 25.8 Å². The van der Waals surface area contributed by atoms with Crippen LogP contribution in [0.15, 0.2) is 30.6 Å². The molecule has 3 aromatic heterocycles. The van der Waals surface area contributed by atoms with Gasteiger partial charge in [0.2, 0.25) is 11.0 Å². The van der Waals surface area contributed by atoms with Crippen molar-refractivity contribution in [3.8, 4) is 11.1 Å². The fraction of sp³-hybridized carbons (Fsp3) is 0.316. The van der Waals surface area contributed by atoms with E-state index >= 15 is 0 Å². The van der Waals surface area contributed by atoms with Crippen LogP contribution in [0.1, 0.15) is 16.1 Å². The number of methoxy groups -OCH3 is 1. The molecule has 1 saturated heterocycles. The Bertz CT molecular complexity index is 1040. The fourth-order valence-corrected chi connectivity index (χ4v) is 3.59. The van der Waals surface area contributed by atoms with E-state index in [1.165, 1.54) is 13.3 Å². The van der Waals surface area contributed by atoms with E-state index in [9.17, 15) is 4.79 Å². The minimum Gasteiger partial charge on any atom is -0.481 e. The van der Waals surface area contributed by atoms with Crippen molar-refractivity contribution in [1.82, 2.24) is 20.2 Å². The number of nitrogens with zero attached hydrogens (tertiary/aromatic N) is 5. The first-order valence-electron chi connectivity index (χ1n) is 9.37. The van der Waals surface area contributed by atoms with Gasteiger partial charge in [-0.3, -0.25) is 15.1 Å². The molecule has 0 bridgehead atoms. The molecule has 4 heterocycles. The Kier molecular flexibility index (Phi) is 6.75. The van der Waals surface area contributed by atoms with E-state index in [2.05, 4.69) is 30.4 Å². The summed E-state index contributed by atoms with van der Waals surface area (Å²) < 4.78 is 16.2. The third-order valence-corrected chi connectivity index (χ3v) is 5.40. The smallest absolute Gasteiger partial charge is 0.296 e. The lowest BCUT2D eigenvalue weighted by molar-refractivity contribution is 0.102. The number of halogens is 1. The molecule has 12 heteroatoms. The molecular weight excluding hydrogens is 444 g/mol. The summed E-state index contributed by atoms with van der Waals surface area (Å²) in [5.74, 6) is 0.0826. The Morgan fingerprint density at radius 1 is 1.26 bits per heavy atom. The highest BCUT2D eigenvalue weighted by molar-refractivity contribution is 7.17. The second-order valence-corrected chi connectivity index (χ2v) is 7.80. The monoisotopic (exact) mass is 462 g/mol. The van der Waals surface area contributed by atoms with Crippen molar-refractivity contribution in [2.75, 3.05) is 43.6 Å². The summed E-state index contributed by atoms with van der Waals surface area (Å²) >= 11 is 6.94. The van der Waals surface area contributed by atoms with Gasteiger partial charge in [-0.05, 0) is 23.5 Å². The van der Waals surface area contributed by atoms with Gasteiger partial charge in [-0.1, -0.05) is 16.7 Å². The van der Waals surface area contributed by atoms with E-state index < -0.39 is 0 Å². The number of pyridine rings is 2. The van der Waals surface area contributed by atoms with Crippen LogP contribution in [0.25, 0.3) is 0 Å². The maximum absolute atomic E-state index is 12.9. The van der Waals surface area contributed by atoms with Gasteiger partial charge in [0.1, 0.15) is 6.61 Å². The summed E-state index contributed by atoms with van der Waals surface area (Å²) in [5, 5.41) is 11.9. The molecule has 1 aliphatic rings. The van der Waals surface area contributed by atoms with Crippen LogP contribution in [-0.2, 0) is 11.3 Å². The molecule has 10 nitrogen and oxygen atoms in total. The first-order valence-corrected chi connectivity index (χ1v) is 10.6. The number of aromatic nitrogens is 4. The molecule has 1 N–H and O–H groups in total. The van der Waals surface area contributed by atoms with Gasteiger partial charge < -0.3 is 19.1 Å². The summed E-state index contributed by atoms with van der Waals surface area (Å²) in [5.41, 5.74) is 1.83. The zero-order valence-electron chi connectivity index (χ0n) is 16.6. The van der Waals surface area contributed by atoms with Gasteiger partial charge in [0.15, 0.2) is 0 Å². The number of carbonyl (C=O) groups is 1. The topological polar surface area (TPSA) is 112 Å². The van der Waals surface area contributed by atoms with Gasteiger partial charge in [0.05, 0.1) is 42.3 Å². The lowest BCUT2D eigenvalue weighted by atomic mass is 10.2. The molecule has 0 aromatic carbocycles. The van der Waals surface area contributed by atoms with Crippen LogP contribution in [0.2, 0.25) is 5.02 Å². The molecule has 3 aromatic rings. The van der Waals surface area contributed by atoms with Crippen LogP contribution in [0.4, 0.5) is 10.8 Å². The summed E-state index contributed by atoms with van der Waals surface area (Å²) in [6, 6.07) is 5.23. The fourth-order valence-electron chi connectivity index (χ4n) is 2.89. The Labute approximate surface area is 187 Å². The number of amides is 1. The molecule has 0 saturated carbocycles. The number of rotatable bonds is 7. The third-order valence-electron chi connectivity index (χ3n) is 4.42. The van der Waals surface area contributed by atoms with Gasteiger partial charge in [-0.15, -0.1) is 5.10 Å². The summed E-state index contributed by atoms with van der Waals surface area (Å²) in [6.07, 6.45) is 3.03. The molecule has 162 valence electrons. The molecular formula is C19H19ClN6O4S. The van der Waals surface area contributed by atoms with E-state index in [1.54, 1.807) is 24.4 Å². The van der Waals surface area contributed by atoms with Crippen LogP contribution in [0.3, 0.4) is 0 Å². The molecule has 1 amide bonds. The summed E-state index contributed by atoms with van der Waals surface area (Å²) in [7, 11) is 1.54. The third kappa shape index (κ3) is 5.37. The van der Waals surface area contributed by atoms with Crippen molar-refractivity contribution in [1.29, 1.82) is 0 Å². The standard InChI is InChI=1S/C19H19ClN6O4S/c1-28-16-8-15(26-4-6-29-7-5-26)14(10-22-16)17(27)23-18-24-25-19(31-18)30-11-13-3-2-12(20)9-21-13/h2-3,8-10H,4-7,11H2,1H3,(H,23,24,27). The normalized spacial score (nSPS) is 13.7. The highest BCUT2D eigenvalue weighted by Crippen LogP contribution is 2.28. The van der Waals surface area contributed by atoms with Crippen molar-refractivity contribution >= 4 is 39.7 Å². The highest BCUT2D eigenvalue weighted by Gasteiger charge is 2.21. The van der Waals surface area contributed by atoms with E-state index in [1.807, 2.05) is 0 Å². The Hall–Kier alpha value is -3.02. The summed E-state index contributed by atoms with van der Waals surface area (Å²) in [6.45, 7) is 2.73. The van der Waals surface area contributed by atoms with Gasteiger partial charge in [0, 0.05) is 31.5 Å². The molecule has 0 spiro atoms. The quantitative estimate of drug-likeness (QED) is 0.566. The number of carbonyl (C=O) groups excluding carboxylic acids is 1. The number of nitrogens with one attached hydrogen (secondary N) is 1. The first kappa shape index (κ1) is 21.2. The second-order valence-electron chi connectivity index (χ2n) is 6.43. The van der Waals surface area contributed by atoms with Crippen LogP contribution in [0, 0.1) is 0 Å². The largest absolute Gasteiger partial charge is 0.481 e. The zero-order chi connectivity index (χ0) is 21.6. The van der Waals surface area contributed by atoms with Crippen molar-refractivity contribution < 1.29 is 19.0 Å². The van der Waals surface area contributed by atoms with Gasteiger partial charge >= 0.3 is 0 Å². The maximum atomic E-state index is 12.9. The minimum absolute atomic E-state index is 0.212. The first-order chi connectivity index (χ1) is 15.1. The number of anilines is 2. The number of morpholine rings is 1. The SMILES string of the molecule is COc1cc(N2CCOCC2)c(C(=O)Nc2nnc(OCc3ccc(Cl)cn3)s2)cn1. The molecule has 0 atom stereocenters. The maximum Gasteiger partial charge on any atom is 0.296 e. The molecule has 0 radical (unpaired) electrons. The Morgan fingerprint density at radius 3 is 2.84 bits per heavy atom. The van der Waals surface area contributed by atoms with Crippen LogP contribution >= 0.6 is 22.9 Å². The van der Waals surface area contributed by atoms with Crippen molar-refractivity contribution in [2.45, 2.75) is 6.61 Å². The van der Waals surface area contributed by atoms with Gasteiger partial charge in [-0.2, -0.15) is 0 Å². The Balaban J connectivity index is 1.44. The predicted octanol–water partition coefficient (Wildman–Crippen LogP) is 2.66. The molecule has 4 rings (SSSR count). The van der Waals surface area contributed by atoms with Crippen molar-refractivity contribution in [3.63, 3.8) is 0 Å². The van der Waals surface area contributed by atoms with Crippen LogP contribution < -0.4 is 19.7 Å². The molecule has 1 fully saturated rings. The van der Waals surface area contributed by atoms with Crippen LogP contribution in [-0.4, -0.2) is 59.5 Å². The number of ether oxygens (including phenoxy) is 3. The molecule has 0 aliphatic carbocycles. The average molecular weight is 463 g/mol. The lowest BCUT2D eigenvalue weighted by Crippen LogP contribution is -2.37. The van der Waals surface area contributed by atoms with Crippen molar-refractivity contribution in [2.24, 2.45) is 0 Å². The van der Waals surface area contributed by atoms with Gasteiger partial charge in [0.25, 0.3) is 11.1 Å². The predicted molar refractivity (Wildman–Crippen MR) is 115 cm³/mol. The Morgan fingerprint density at radius 2 is 2.10 bits per heavy atom. The molecule has 1 aliphatic heterocycles. The second kappa shape index (κ2) is 9.86. The average Bonchev–Trinajstić information content (AvgIpc) is 3.26. The minimum atomic E-state index is -0.348. The summed E-state index contributed by atoms with van der Waals surface area (Å²) in [4.78, 5) is 23.3. The molecule has 31 heavy (non-hydrogen) atoms. The number of hydrogen-bond donors (Lipinski definition) is 1. The van der Waals surface area contributed by atoms with E-state index in [-0.39, 0.29) is 12.5 Å². The van der Waals surface area contributed by atoms with Gasteiger partial charge in [-0.25, -0.2) is 4.98 Å². The number of hydrogen-bond acceptors (Lipinski definition) is 10.